The molecule has 82 valence electrons. The van der Waals surface area contributed by atoms with Gasteiger partial charge in [-0.2, -0.15) is 4.39 Å². The van der Waals surface area contributed by atoms with Crippen LogP contribution in [0.2, 0.25) is 0 Å². The SMILES string of the molecule is COC(C)CNC(=O)c1cccnc1F. The van der Waals surface area contributed by atoms with Gasteiger partial charge < -0.3 is 10.1 Å². The van der Waals surface area contributed by atoms with E-state index in [0.29, 0.717) is 6.54 Å². The molecule has 0 spiro atoms. The van der Waals surface area contributed by atoms with E-state index in [9.17, 15) is 9.18 Å². The van der Waals surface area contributed by atoms with Crippen LogP contribution in [0.4, 0.5) is 4.39 Å². The first-order valence-corrected chi connectivity index (χ1v) is 4.56. The lowest BCUT2D eigenvalue weighted by molar-refractivity contribution is 0.0866. The Bertz CT molecular complexity index is 344. The summed E-state index contributed by atoms with van der Waals surface area (Å²) in [4.78, 5) is 14.8. The smallest absolute Gasteiger partial charge is 0.256 e. The minimum absolute atomic E-state index is 0.0548. The van der Waals surface area contributed by atoms with Crippen molar-refractivity contribution in [3.8, 4) is 0 Å². The number of hydrogen-bond donors (Lipinski definition) is 1. The maximum absolute atomic E-state index is 13.0. The highest BCUT2D eigenvalue weighted by Crippen LogP contribution is 2.02. The monoisotopic (exact) mass is 212 g/mol. The molecule has 0 bridgehead atoms. The average Bonchev–Trinajstić information content (AvgIpc) is 2.26. The second kappa shape index (κ2) is 5.41. The zero-order chi connectivity index (χ0) is 11.3. The fourth-order valence-corrected chi connectivity index (χ4v) is 0.970. The molecular weight excluding hydrogens is 199 g/mol. The number of nitrogens with one attached hydrogen (secondary N) is 1. The fraction of sp³-hybridized carbons (Fsp3) is 0.400. The molecule has 1 amide bonds. The van der Waals surface area contributed by atoms with Gasteiger partial charge in [0.1, 0.15) is 0 Å². The van der Waals surface area contributed by atoms with Gasteiger partial charge in [-0.05, 0) is 19.1 Å². The first kappa shape index (κ1) is 11.6. The third-order valence-corrected chi connectivity index (χ3v) is 1.96. The van der Waals surface area contributed by atoms with Crippen LogP contribution >= 0.6 is 0 Å². The summed E-state index contributed by atoms with van der Waals surface area (Å²) in [5.74, 6) is -1.25. The highest BCUT2D eigenvalue weighted by molar-refractivity contribution is 5.94. The standard InChI is InChI=1S/C10H13FN2O2/c1-7(15-2)6-13-10(14)8-4-3-5-12-9(8)11/h3-5,7H,6H2,1-2H3,(H,13,14). The summed E-state index contributed by atoms with van der Waals surface area (Å²) in [7, 11) is 1.54. The van der Waals surface area contributed by atoms with E-state index in [1.807, 2.05) is 0 Å². The molecule has 5 heteroatoms. The number of pyridine rings is 1. The molecule has 0 aliphatic rings. The summed E-state index contributed by atoms with van der Waals surface area (Å²) in [5, 5.41) is 2.55. The van der Waals surface area contributed by atoms with Gasteiger partial charge in [0.05, 0.1) is 11.7 Å². The van der Waals surface area contributed by atoms with E-state index in [0.717, 1.165) is 0 Å². The highest BCUT2D eigenvalue weighted by Gasteiger charge is 2.12. The Balaban J connectivity index is 2.58. The molecule has 1 rings (SSSR count). The van der Waals surface area contributed by atoms with Crippen LogP contribution in [0, 0.1) is 5.95 Å². The Labute approximate surface area is 87.5 Å². The lowest BCUT2D eigenvalue weighted by atomic mass is 10.2. The van der Waals surface area contributed by atoms with Crippen LogP contribution in [0.1, 0.15) is 17.3 Å². The van der Waals surface area contributed by atoms with Crippen molar-refractivity contribution in [2.45, 2.75) is 13.0 Å². The molecule has 0 radical (unpaired) electrons. The molecule has 1 N–H and O–H groups in total. The van der Waals surface area contributed by atoms with Gasteiger partial charge in [0.15, 0.2) is 0 Å². The number of ether oxygens (including phenoxy) is 1. The zero-order valence-corrected chi connectivity index (χ0v) is 8.66. The number of carbonyl (C=O) groups is 1. The molecule has 0 aliphatic carbocycles. The second-order valence-corrected chi connectivity index (χ2v) is 3.10. The molecule has 1 atom stereocenters. The minimum Gasteiger partial charge on any atom is -0.380 e. The van der Waals surface area contributed by atoms with Crippen LogP contribution in [0.3, 0.4) is 0 Å². The molecule has 4 nitrogen and oxygen atoms in total. The number of nitrogens with zero attached hydrogens (tertiary/aromatic N) is 1. The molecule has 0 saturated heterocycles. The molecule has 0 aromatic carbocycles. The maximum Gasteiger partial charge on any atom is 0.256 e. The normalized spacial score (nSPS) is 12.2. The van der Waals surface area contributed by atoms with Crippen molar-refractivity contribution >= 4 is 5.91 Å². The topological polar surface area (TPSA) is 51.2 Å². The molecule has 15 heavy (non-hydrogen) atoms. The van der Waals surface area contributed by atoms with Gasteiger partial charge in [-0.3, -0.25) is 4.79 Å². The van der Waals surface area contributed by atoms with E-state index in [4.69, 9.17) is 4.74 Å². The summed E-state index contributed by atoms with van der Waals surface area (Å²) in [6.07, 6.45) is 1.19. The minimum atomic E-state index is -0.764. The van der Waals surface area contributed by atoms with E-state index < -0.39 is 11.9 Å². The molecule has 0 aliphatic heterocycles. The number of methoxy groups -OCH3 is 1. The Morgan fingerprint density at radius 2 is 2.47 bits per heavy atom. The summed E-state index contributed by atoms with van der Waals surface area (Å²) in [6, 6.07) is 2.90. The fourth-order valence-electron chi connectivity index (χ4n) is 0.970. The van der Waals surface area contributed by atoms with Crippen LogP contribution in [0.5, 0.6) is 0 Å². The molecular formula is C10H13FN2O2. The average molecular weight is 212 g/mol. The van der Waals surface area contributed by atoms with Crippen molar-refractivity contribution in [3.63, 3.8) is 0 Å². The zero-order valence-electron chi connectivity index (χ0n) is 8.66. The summed E-state index contributed by atoms with van der Waals surface area (Å²) >= 11 is 0. The van der Waals surface area contributed by atoms with Gasteiger partial charge in [0, 0.05) is 19.9 Å². The van der Waals surface area contributed by atoms with E-state index in [1.165, 1.54) is 18.3 Å². The summed E-state index contributed by atoms with van der Waals surface area (Å²) in [6.45, 7) is 2.14. The molecule has 1 heterocycles. The lowest BCUT2D eigenvalue weighted by Crippen LogP contribution is -2.32. The predicted octanol–water partition coefficient (Wildman–Crippen LogP) is 0.985. The molecule has 1 aromatic rings. The Kier molecular flexibility index (Phi) is 4.17. The van der Waals surface area contributed by atoms with Gasteiger partial charge >= 0.3 is 0 Å². The van der Waals surface area contributed by atoms with Crippen molar-refractivity contribution in [2.75, 3.05) is 13.7 Å². The van der Waals surface area contributed by atoms with Gasteiger partial charge in [-0.1, -0.05) is 0 Å². The number of amides is 1. The Morgan fingerprint density at radius 3 is 3.07 bits per heavy atom. The Morgan fingerprint density at radius 1 is 1.73 bits per heavy atom. The van der Waals surface area contributed by atoms with Crippen molar-refractivity contribution in [1.82, 2.24) is 10.3 Å². The second-order valence-electron chi connectivity index (χ2n) is 3.10. The number of aromatic nitrogens is 1. The van der Waals surface area contributed by atoms with Crippen LogP contribution in [-0.4, -0.2) is 30.6 Å². The molecule has 1 aromatic heterocycles. The maximum atomic E-state index is 13.0. The van der Waals surface area contributed by atoms with E-state index >= 15 is 0 Å². The third-order valence-electron chi connectivity index (χ3n) is 1.96. The first-order chi connectivity index (χ1) is 7.15. The van der Waals surface area contributed by atoms with E-state index in [2.05, 4.69) is 10.3 Å². The molecule has 0 fully saturated rings. The number of hydrogen-bond acceptors (Lipinski definition) is 3. The third kappa shape index (κ3) is 3.28. The van der Waals surface area contributed by atoms with Gasteiger partial charge in [-0.15, -0.1) is 0 Å². The van der Waals surface area contributed by atoms with Crippen molar-refractivity contribution < 1.29 is 13.9 Å². The molecule has 1 unspecified atom stereocenters. The first-order valence-electron chi connectivity index (χ1n) is 4.56. The van der Waals surface area contributed by atoms with Crippen LogP contribution < -0.4 is 5.32 Å². The van der Waals surface area contributed by atoms with Gasteiger partial charge in [0.2, 0.25) is 5.95 Å². The number of rotatable bonds is 4. The van der Waals surface area contributed by atoms with Crippen molar-refractivity contribution in [3.05, 3.63) is 29.8 Å². The van der Waals surface area contributed by atoms with E-state index in [-0.39, 0.29) is 11.7 Å². The van der Waals surface area contributed by atoms with Crippen molar-refractivity contribution in [2.24, 2.45) is 0 Å². The largest absolute Gasteiger partial charge is 0.380 e. The quantitative estimate of drug-likeness (QED) is 0.757. The van der Waals surface area contributed by atoms with Gasteiger partial charge in [-0.25, -0.2) is 4.98 Å². The molecule has 0 saturated carbocycles. The van der Waals surface area contributed by atoms with Crippen LogP contribution in [0.15, 0.2) is 18.3 Å². The Hall–Kier alpha value is -1.49. The number of carbonyl (C=O) groups excluding carboxylic acids is 1. The van der Waals surface area contributed by atoms with Gasteiger partial charge in [0.25, 0.3) is 5.91 Å². The van der Waals surface area contributed by atoms with E-state index in [1.54, 1.807) is 14.0 Å². The number of halogens is 1. The van der Waals surface area contributed by atoms with Crippen molar-refractivity contribution in [1.29, 1.82) is 0 Å². The highest BCUT2D eigenvalue weighted by atomic mass is 19.1. The lowest BCUT2D eigenvalue weighted by Gasteiger charge is -2.10. The summed E-state index contributed by atoms with van der Waals surface area (Å²) < 4.78 is 18.0. The predicted molar refractivity (Wildman–Crippen MR) is 53.0 cm³/mol. The van der Waals surface area contributed by atoms with Crippen LogP contribution in [0.25, 0.3) is 0 Å². The summed E-state index contributed by atoms with van der Waals surface area (Å²) in [5.41, 5.74) is -0.0548. The van der Waals surface area contributed by atoms with Crippen LogP contribution in [-0.2, 0) is 4.74 Å².